The number of amides is 1. The molecule has 0 radical (unpaired) electrons. The summed E-state index contributed by atoms with van der Waals surface area (Å²) in [7, 11) is 0. The van der Waals surface area contributed by atoms with Gasteiger partial charge in [-0.2, -0.15) is 0 Å². The molecule has 2 aromatic carbocycles. The van der Waals surface area contributed by atoms with Crippen LogP contribution in [-0.4, -0.2) is 36.2 Å². The third-order valence-electron chi connectivity index (χ3n) is 5.04. The molecule has 2 atom stereocenters. The zero-order chi connectivity index (χ0) is 21.8. The summed E-state index contributed by atoms with van der Waals surface area (Å²) in [6.45, 7) is 1.99. The highest BCUT2D eigenvalue weighted by atomic mass is 35.5. The second-order valence-corrected chi connectivity index (χ2v) is 8.29. The fourth-order valence-electron chi connectivity index (χ4n) is 3.37. The summed E-state index contributed by atoms with van der Waals surface area (Å²) in [5.41, 5.74) is 1.80. The Bertz CT molecular complexity index is 961. The van der Waals surface area contributed by atoms with Gasteiger partial charge in [0.25, 0.3) is 0 Å². The number of carbonyl (C=O) groups is 3. The molecule has 1 heterocycles. The van der Waals surface area contributed by atoms with Gasteiger partial charge in [-0.25, -0.2) is 0 Å². The second kappa shape index (κ2) is 9.82. The molecule has 0 aliphatic carbocycles. The Balaban J connectivity index is 1.72. The van der Waals surface area contributed by atoms with Crippen LogP contribution in [0.5, 0.6) is 0 Å². The van der Waals surface area contributed by atoms with Crippen LogP contribution in [0.1, 0.15) is 28.8 Å². The van der Waals surface area contributed by atoms with Crippen molar-refractivity contribution in [1.82, 2.24) is 0 Å². The smallest absolute Gasteiger partial charge is 0.312 e. The average molecular weight is 469 g/mol. The number of Topliss-reactive ketones (excluding diaryl/α,β-unsaturated/α-hetero) is 1. The fraction of sp³-hybridized carbons (Fsp3) is 0.318. The van der Waals surface area contributed by atoms with Crippen molar-refractivity contribution < 1.29 is 19.1 Å². The van der Waals surface area contributed by atoms with Crippen LogP contribution in [0.3, 0.4) is 0 Å². The Labute approximate surface area is 189 Å². The molecule has 1 fully saturated rings. The lowest BCUT2D eigenvalue weighted by Crippen LogP contribution is -2.32. The Kier molecular flexibility index (Phi) is 7.40. The maximum Gasteiger partial charge on any atom is 0.312 e. The van der Waals surface area contributed by atoms with Crippen LogP contribution in [0, 0.1) is 12.8 Å². The molecule has 1 aliphatic heterocycles. The molecule has 3 rings (SSSR count). The highest BCUT2D eigenvalue weighted by Crippen LogP contribution is 2.32. The number of esters is 1. The van der Waals surface area contributed by atoms with Crippen LogP contribution in [-0.2, 0) is 14.3 Å². The third kappa shape index (κ3) is 4.97. The summed E-state index contributed by atoms with van der Waals surface area (Å²) in [4.78, 5) is 39.6. The van der Waals surface area contributed by atoms with E-state index >= 15 is 0 Å². The van der Waals surface area contributed by atoms with Crippen LogP contribution in [0.2, 0.25) is 10.0 Å². The quantitative estimate of drug-likeness (QED) is 0.323. The largest absolute Gasteiger partial charge is 0.454 e. The van der Waals surface area contributed by atoms with Gasteiger partial charge in [-0.15, -0.1) is 11.6 Å². The summed E-state index contributed by atoms with van der Waals surface area (Å²) >= 11 is 17.8. The number of alkyl halides is 1. The molecule has 30 heavy (non-hydrogen) atoms. The maximum absolute atomic E-state index is 12.8. The van der Waals surface area contributed by atoms with Gasteiger partial charge < -0.3 is 9.64 Å². The zero-order valence-electron chi connectivity index (χ0n) is 16.2. The number of ketones is 1. The van der Waals surface area contributed by atoms with Gasteiger partial charge in [-0.3, -0.25) is 14.4 Å². The van der Waals surface area contributed by atoms with Gasteiger partial charge in [-0.05, 0) is 48.9 Å². The molecule has 0 aromatic heterocycles. The molecule has 2 aromatic rings. The SMILES string of the molecule is Cc1c(Cl)cccc1N1C[C@H](C(=O)O[C@@H](CCCl)C(=O)c2ccc(Cl)cc2)CC1=O. The van der Waals surface area contributed by atoms with Crippen molar-refractivity contribution in [2.24, 2.45) is 5.92 Å². The van der Waals surface area contributed by atoms with Crippen LogP contribution < -0.4 is 4.90 Å². The van der Waals surface area contributed by atoms with Crippen molar-refractivity contribution in [2.45, 2.75) is 25.9 Å². The average Bonchev–Trinajstić information content (AvgIpc) is 3.11. The van der Waals surface area contributed by atoms with Crippen molar-refractivity contribution in [1.29, 1.82) is 0 Å². The zero-order valence-corrected chi connectivity index (χ0v) is 18.5. The van der Waals surface area contributed by atoms with Crippen molar-refractivity contribution in [3.63, 3.8) is 0 Å². The molecule has 0 unspecified atom stereocenters. The summed E-state index contributed by atoms with van der Waals surface area (Å²) in [5, 5.41) is 1.04. The molecule has 1 aliphatic rings. The van der Waals surface area contributed by atoms with Crippen LogP contribution in [0.25, 0.3) is 0 Å². The summed E-state index contributed by atoms with van der Waals surface area (Å²) in [6.07, 6.45) is -0.840. The minimum Gasteiger partial charge on any atom is -0.454 e. The van der Waals surface area contributed by atoms with E-state index in [4.69, 9.17) is 39.5 Å². The number of ether oxygens (including phenoxy) is 1. The summed E-state index contributed by atoms with van der Waals surface area (Å²) in [5.74, 6) is -1.67. The molecule has 0 N–H and O–H groups in total. The number of carbonyl (C=O) groups excluding carboxylic acids is 3. The second-order valence-electron chi connectivity index (χ2n) is 7.06. The lowest BCUT2D eigenvalue weighted by Gasteiger charge is -2.21. The van der Waals surface area contributed by atoms with Crippen molar-refractivity contribution >= 4 is 58.1 Å². The van der Waals surface area contributed by atoms with Gasteiger partial charge in [0.1, 0.15) is 0 Å². The minimum absolute atomic E-state index is 0.00746. The summed E-state index contributed by atoms with van der Waals surface area (Å²) < 4.78 is 5.50. The van der Waals surface area contributed by atoms with Gasteiger partial charge in [-0.1, -0.05) is 29.3 Å². The van der Waals surface area contributed by atoms with E-state index in [0.717, 1.165) is 5.56 Å². The van der Waals surface area contributed by atoms with Crippen LogP contribution in [0.4, 0.5) is 5.69 Å². The molecule has 5 nitrogen and oxygen atoms in total. The molecule has 0 saturated carbocycles. The van der Waals surface area contributed by atoms with Gasteiger partial charge >= 0.3 is 5.97 Å². The number of benzene rings is 2. The van der Waals surface area contributed by atoms with E-state index in [-0.39, 0.29) is 37.0 Å². The minimum atomic E-state index is -1.02. The van der Waals surface area contributed by atoms with Crippen LogP contribution in [0.15, 0.2) is 42.5 Å². The fourth-order valence-corrected chi connectivity index (χ4v) is 3.86. The first-order valence-electron chi connectivity index (χ1n) is 9.43. The number of rotatable bonds is 7. The topological polar surface area (TPSA) is 63.7 Å². The van der Waals surface area contributed by atoms with Crippen molar-refractivity contribution in [2.75, 3.05) is 17.3 Å². The highest BCUT2D eigenvalue weighted by molar-refractivity contribution is 6.32. The Hall–Kier alpha value is -2.08. The van der Waals surface area contributed by atoms with E-state index in [9.17, 15) is 14.4 Å². The molecule has 1 saturated heterocycles. The molecular formula is C22H20Cl3NO4. The van der Waals surface area contributed by atoms with E-state index in [1.165, 1.54) is 4.90 Å². The third-order valence-corrected chi connectivity index (χ3v) is 5.92. The number of hydrogen-bond donors (Lipinski definition) is 0. The van der Waals surface area contributed by atoms with Crippen LogP contribution >= 0.6 is 34.8 Å². The van der Waals surface area contributed by atoms with E-state index in [0.29, 0.717) is 21.3 Å². The highest BCUT2D eigenvalue weighted by Gasteiger charge is 2.38. The predicted molar refractivity (Wildman–Crippen MR) is 118 cm³/mol. The first-order valence-corrected chi connectivity index (χ1v) is 10.7. The molecule has 0 bridgehead atoms. The lowest BCUT2D eigenvalue weighted by atomic mass is 10.0. The van der Waals surface area contributed by atoms with E-state index in [1.807, 2.05) is 6.92 Å². The molecule has 1 amide bonds. The Morgan fingerprint density at radius 3 is 2.53 bits per heavy atom. The molecule has 158 valence electrons. The van der Waals surface area contributed by atoms with E-state index in [1.54, 1.807) is 42.5 Å². The number of halogens is 3. The molecular weight excluding hydrogens is 449 g/mol. The first-order chi connectivity index (χ1) is 14.3. The summed E-state index contributed by atoms with van der Waals surface area (Å²) in [6, 6.07) is 11.6. The van der Waals surface area contributed by atoms with Crippen molar-refractivity contribution in [3.8, 4) is 0 Å². The van der Waals surface area contributed by atoms with Crippen molar-refractivity contribution in [3.05, 3.63) is 63.6 Å². The van der Waals surface area contributed by atoms with E-state index < -0.39 is 18.0 Å². The normalized spacial score (nSPS) is 17.1. The van der Waals surface area contributed by atoms with Gasteiger partial charge in [0.2, 0.25) is 11.7 Å². The van der Waals surface area contributed by atoms with E-state index in [2.05, 4.69) is 0 Å². The first kappa shape index (κ1) is 22.6. The maximum atomic E-state index is 12.8. The van der Waals surface area contributed by atoms with Gasteiger partial charge in [0.05, 0.1) is 5.92 Å². The number of anilines is 1. The standard InChI is InChI=1S/C22H20Cl3NO4/c1-13-17(25)3-2-4-18(13)26-12-15(11-20(26)27)22(29)30-19(9-10-23)21(28)14-5-7-16(24)8-6-14/h2-8,15,19H,9-12H2,1H3/t15-,19+/m1/s1. The van der Waals surface area contributed by atoms with Gasteiger partial charge in [0.15, 0.2) is 6.10 Å². The number of hydrogen-bond acceptors (Lipinski definition) is 4. The molecule has 0 spiro atoms. The number of nitrogens with zero attached hydrogens (tertiary/aromatic N) is 1. The Morgan fingerprint density at radius 1 is 1.17 bits per heavy atom. The van der Waals surface area contributed by atoms with Gasteiger partial charge in [0, 0.05) is 46.6 Å². The molecule has 8 heteroatoms. The monoisotopic (exact) mass is 467 g/mol. The predicted octanol–water partition coefficient (Wildman–Crippen LogP) is 5.08. The Morgan fingerprint density at radius 2 is 1.87 bits per heavy atom. The lowest BCUT2D eigenvalue weighted by molar-refractivity contribution is -0.151.